The lowest BCUT2D eigenvalue weighted by molar-refractivity contribution is -0.384. The fourth-order valence-corrected chi connectivity index (χ4v) is 0.824. The average Bonchev–Trinajstić information content (AvgIpc) is 2.08. The Kier molecular flexibility index (Phi) is 2.53. The summed E-state index contributed by atoms with van der Waals surface area (Å²) in [6.45, 7) is 0. The normalized spacial score (nSPS) is 10.5. The van der Waals surface area contributed by atoms with Gasteiger partial charge in [0.05, 0.1) is 11.1 Å². The third-order valence-corrected chi connectivity index (χ3v) is 1.40. The number of hydrogen-bond acceptors (Lipinski definition) is 4. The Morgan fingerprint density at radius 2 is 2.31 bits per heavy atom. The number of nitro benzene ring substituents is 1. The zero-order chi connectivity index (χ0) is 9.84. The predicted molar refractivity (Wildman–Crippen MR) is 44.8 cm³/mol. The van der Waals surface area contributed by atoms with E-state index in [0.29, 0.717) is 0 Å². The van der Waals surface area contributed by atoms with E-state index < -0.39 is 10.7 Å². The van der Waals surface area contributed by atoms with Gasteiger partial charge in [0, 0.05) is 17.7 Å². The van der Waals surface area contributed by atoms with Crippen molar-refractivity contribution < 1.29 is 9.31 Å². The Labute approximate surface area is 72.8 Å². The van der Waals surface area contributed by atoms with Gasteiger partial charge in [0.2, 0.25) is 0 Å². The van der Waals surface area contributed by atoms with Gasteiger partial charge in [-0.3, -0.25) is 10.1 Å². The Bertz CT molecular complexity index is 365. The van der Waals surface area contributed by atoms with Crippen LogP contribution in [0.2, 0.25) is 0 Å². The van der Waals surface area contributed by atoms with Crippen LogP contribution in [-0.2, 0) is 0 Å². The van der Waals surface area contributed by atoms with E-state index in [2.05, 4.69) is 5.10 Å². The molecular weight excluding hydrogens is 177 g/mol. The van der Waals surface area contributed by atoms with Crippen molar-refractivity contribution in [2.24, 2.45) is 10.9 Å². The number of benzene rings is 1. The summed E-state index contributed by atoms with van der Waals surface area (Å²) in [7, 11) is 0. The number of nitrogens with two attached hydrogens (primary N) is 1. The highest BCUT2D eigenvalue weighted by molar-refractivity contribution is 5.80. The molecule has 0 amide bonds. The zero-order valence-electron chi connectivity index (χ0n) is 6.48. The topological polar surface area (TPSA) is 81.5 Å². The molecule has 0 aliphatic carbocycles. The van der Waals surface area contributed by atoms with E-state index >= 15 is 0 Å². The second-order valence-corrected chi connectivity index (χ2v) is 2.24. The van der Waals surface area contributed by atoms with E-state index in [-0.39, 0.29) is 11.3 Å². The summed E-state index contributed by atoms with van der Waals surface area (Å²) in [6, 6.07) is 3.13. The maximum absolute atomic E-state index is 12.9. The van der Waals surface area contributed by atoms with Gasteiger partial charge in [0.25, 0.3) is 5.69 Å². The van der Waals surface area contributed by atoms with Crippen molar-refractivity contribution in [3.63, 3.8) is 0 Å². The van der Waals surface area contributed by atoms with Crippen LogP contribution < -0.4 is 5.84 Å². The largest absolute Gasteiger partial charge is 0.323 e. The fraction of sp³-hybridized carbons (Fsp3) is 0. The van der Waals surface area contributed by atoms with Crippen LogP contribution in [0, 0.1) is 15.9 Å². The molecule has 1 rings (SSSR count). The molecule has 68 valence electrons. The number of halogens is 1. The minimum absolute atomic E-state index is 0.00306. The van der Waals surface area contributed by atoms with E-state index in [1.54, 1.807) is 0 Å². The summed E-state index contributed by atoms with van der Waals surface area (Å²) >= 11 is 0. The van der Waals surface area contributed by atoms with Crippen LogP contribution in [0.1, 0.15) is 5.56 Å². The van der Waals surface area contributed by atoms with Gasteiger partial charge >= 0.3 is 0 Å². The standard InChI is InChI=1S/C7H6FN3O2/c8-7-2-1-6(11(12)13)3-5(7)4-10-9/h1-4H,9H2. The first-order valence-electron chi connectivity index (χ1n) is 3.32. The third-order valence-electron chi connectivity index (χ3n) is 1.40. The molecule has 0 heterocycles. The average molecular weight is 183 g/mol. The molecule has 6 heteroatoms. The summed E-state index contributed by atoms with van der Waals surface area (Å²) in [5.74, 6) is 4.19. The lowest BCUT2D eigenvalue weighted by Gasteiger charge is -1.95. The van der Waals surface area contributed by atoms with Crippen molar-refractivity contribution in [3.05, 3.63) is 39.7 Å². The molecule has 2 N–H and O–H groups in total. The smallest absolute Gasteiger partial charge is 0.270 e. The van der Waals surface area contributed by atoms with Crippen molar-refractivity contribution in [2.75, 3.05) is 0 Å². The summed E-state index contributed by atoms with van der Waals surface area (Å²) in [5, 5.41) is 13.4. The van der Waals surface area contributed by atoms with Gasteiger partial charge in [-0.25, -0.2) is 4.39 Å². The summed E-state index contributed by atoms with van der Waals surface area (Å²) < 4.78 is 12.9. The first kappa shape index (κ1) is 9.11. The van der Waals surface area contributed by atoms with E-state index in [9.17, 15) is 14.5 Å². The van der Waals surface area contributed by atoms with Crippen LogP contribution >= 0.6 is 0 Å². The molecule has 0 aliphatic rings. The molecule has 0 spiro atoms. The lowest BCUT2D eigenvalue weighted by atomic mass is 10.2. The highest BCUT2D eigenvalue weighted by Crippen LogP contribution is 2.14. The predicted octanol–water partition coefficient (Wildman–Crippen LogP) is 1.03. The molecule has 13 heavy (non-hydrogen) atoms. The molecular formula is C7H6FN3O2. The minimum Gasteiger partial charge on any atom is -0.323 e. The number of rotatable bonds is 2. The van der Waals surface area contributed by atoms with Gasteiger partial charge in [-0.2, -0.15) is 5.10 Å². The molecule has 0 aromatic heterocycles. The number of hydrazone groups is 1. The Balaban J connectivity index is 3.18. The molecule has 0 bridgehead atoms. The third kappa shape index (κ3) is 1.98. The molecule has 0 aliphatic heterocycles. The molecule has 0 saturated heterocycles. The highest BCUT2D eigenvalue weighted by Gasteiger charge is 2.08. The van der Waals surface area contributed by atoms with Gasteiger partial charge < -0.3 is 5.84 Å². The minimum atomic E-state index is -0.618. The van der Waals surface area contributed by atoms with Gasteiger partial charge in [-0.15, -0.1) is 0 Å². The first-order valence-corrected chi connectivity index (χ1v) is 3.32. The van der Waals surface area contributed by atoms with E-state index in [4.69, 9.17) is 5.84 Å². The fourth-order valence-electron chi connectivity index (χ4n) is 0.824. The number of nitrogens with zero attached hydrogens (tertiary/aromatic N) is 2. The van der Waals surface area contributed by atoms with E-state index in [0.717, 1.165) is 24.4 Å². The molecule has 1 aromatic carbocycles. The van der Waals surface area contributed by atoms with E-state index in [1.165, 1.54) is 0 Å². The second-order valence-electron chi connectivity index (χ2n) is 2.24. The monoisotopic (exact) mass is 183 g/mol. The van der Waals surface area contributed by atoms with Gasteiger partial charge in [-0.1, -0.05) is 0 Å². The van der Waals surface area contributed by atoms with Crippen LogP contribution in [0.3, 0.4) is 0 Å². The summed E-state index contributed by atoms with van der Waals surface area (Å²) in [6.07, 6.45) is 1.02. The lowest BCUT2D eigenvalue weighted by Crippen LogP contribution is -1.94. The van der Waals surface area contributed by atoms with Gasteiger partial charge in [0.15, 0.2) is 0 Å². The van der Waals surface area contributed by atoms with Gasteiger partial charge in [0.1, 0.15) is 5.82 Å². The van der Waals surface area contributed by atoms with Crippen molar-refractivity contribution >= 4 is 11.9 Å². The van der Waals surface area contributed by atoms with Crippen molar-refractivity contribution in [2.45, 2.75) is 0 Å². The maximum atomic E-state index is 12.9. The number of nitro groups is 1. The van der Waals surface area contributed by atoms with Crippen LogP contribution in [0.15, 0.2) is 23.3 Å². The van der Waals surface area contributed by atoms with Crippen molar-refractivity contribution in [1.29, 1.82) is 0 Å². The Morgan fingerprint density at radius 3 is 2.85 bits per heavy atom. The quantitative estimate of drug-likeness (QED) is 0.321. The summed E-state index contributed by atoms with van der Waals surface area (Å²) in [5.41, 5.74) is -0.201. The highest BCUT2D eigenvalue weighted by atomic mass is 19.1. The van der Waals surface area contributed by atoms with Crippen LogP contribution in [0.25, 0.3) is 0 Å². The molecule has 0 radical (unpaired) electrons. The molecule has 5 nitrogen and oxygen atoms in total. The van der Waals surface area contributed by atoms with Crippen LogP contribution in [0.5, 0.6) is 0 Å². The SMILES string of the molecule is NN=Cc1cc([N+](=O)[O-])ccc1F. The number of hydrogen-bond donors (Lipinski definition) is 1. The molecule has 0 unspecified atom stereocenters. The number of non-ortho nitro benzene ring substituents is 1. The first-order chi connectivity index (χ1) is 6.15. The zero-order valence-corrected chi connectivity index (χ0v) is 6.48. The molecule has 1 aromatic rings. The van der Waals surface area contributed by atoms with Crippen molar-refractivity contribution in [3.8, 4) is 0 Å². The summed E-state index contributed by atoms with van der Waals surface area (Å²) in [4.78, 5) is 9.66. The van der Waals surface area contributed by atoms with Gasteiger partial charge in [-0.05, 0) is 6.07 Å². The Morgan fingerprint density at radius 1 is 1.62 bits per heavy atom. The van der Waals surface area contributed by atoms with E-state index in [1.807, 2.05) is 0 Å². The molecule has 0 saturated carbocycles. The van der Waals surface area contributed by atoms with Crippen LogP contribution in [-0.4, -0.2) is 11.1 Å². The maximum Gasteiger partial charge on any atom is 0.270 e. The van der Waals surface area contributed by atoms with Crippen molar-refractivity contribution in [1.82, 2.24) is 0 Å². The second kappa shape index (κ2) is 3.61. The Hall–Kier alpha value is -1.98. The van der Waals surface area contributed by atoms with Crippen LogP contribution in [0.4, 0.5) is 10.1 Å². The molecule has 0 atom stereocenters. The molecule has 0 fully saturated rings.